The molecule has 3 rings (SSSR count). The van der Waals surface area contributed by atoms with Gasteiger partial charge in [0.2, 0.25) is 0 Å². The van der Waals surface area contributed by atoms with Crippen LogP contribution in [0.25, 0.3) is 0 Å². The van der Waals surface area contributed by atoms with Crippen molar-refractivity contribution in [3.8, 4) is 11.5 Å². The second kappa shape index (κ2) is 6.52. The van der Waals surface area contributed by atoms with E-state index in [1.54, 1.807) is 0 Å². The number of ether oxygens (including phenoxy) is 1. The third-order valence-corrected chi connectivity index (χ3v) is 3.99. The molecule has 2 aromatic rings. The molecule has 1 aliphatic rings. The number of benzene rings is 2. The first-order chi connectivity index (χ1) is 10.7. The Hall–Kier alpha value is -2.49. The summed E-state index contributed by atoms with van der Waals surface area (Å²) < 4.78 is 5.77. The van der Waals surface area contributed by atoms with E-state index in [-0.39, 0.29) is 6.04 Å². The number of likely N-dealkylation sites (tertiary alicyclic amines) is 1. The van der Waals surface area contributed by atoms with E-state index in [0.29, 0.717) is 6.54 Å². The molecule has 1 saturated heterocycles. The molecule has 0 saturated carbocycles. The molecule has 0 bridgehead atoms. The highest BCUT2D eigenvalue weighted by atomic mass is 16.5. The number of hydrogen-bond donors (Lipinski definition) is 1. The number of para-hydroxylation sites is 1. The van der Waals surface area contributed by atoms with Crippen molar-refractivity contribution in [1.82, 2.24) is 4.90 Å². The fourth-order valence-electron chi connectivity index (χ4n) is 2.89. The normalized spacial score (nSPS) is 18.0. The van der Waals surface area contributed by atoms with Gasteiger partial charge in [-0.05, 0) is 49.1 Å². The van der Waals surface area contributed by atoms with Gasteiger partial charge in [-0.3, -0.25) is 0 Å². The van der Waals surface area contributed by atoms with E-state index in [1.807, 2.05) is 54.6 Å². The Morgan fingerprint density at radius 3 is 2.36 bits per heavy atom. The lowest BCUT2D eigenvalue weighted by atomic mass is 9.95. The van der Waals surface area contributed by atoms with E-state index in [9.17, 15) is 9.90 Å². The minimum atomic E-state index is -0.839. The monoisotopic (exact) mass is 297 g/mol. The lowest BCUT2D eigenvalue weighted by molar-refractivity contribution is 0.106. The van der Waals surface area contributed by atoms with Crippen molar-refractivity contribution in [3.63, 3.8) is 0 Å². The molecule has 22 heavy (non-hydrogen) atoms. The molecule has 1 N–H and O–H groups in total. The number of amides is 1. The Bertz CT molecular complexity index is 625. The number of piperidine rings is 1. The van der Waals surface area contributed by atoms with Gasteiger partial charge in [0.15, 0.2) is 0 Å². The summed E-state index contributed by atoms with van der Waals surface area (Å²) in [6, 6.07) is 17.3. The standard InChI is InChI=1S/C18H19NO3/c20-18(21)19-13-5-4-8-17(19)14-9-11-16(12-10-14)22-15-6-2-1-3-7-15/h1-3,6-7,9-12,17H,4-5,8,13H2,(H,20,21). The van der Waals surface area contributed by atoms with Gasteiger partial charge in [-0.1, -0.05) is 30.3 Å². The Kier molecular flexibility index (Phi) is 4.28. The summed E-state index contributed by atoms with van der Waals surface area (Å²) in [5, 5.41) is 9.32. The van der Waals surface area contributed by atoms with Gasteiger partial charge in [0.25, 0.3) is 0 Å². The molecule has 114 valence electrons. The van der Waals surface area contributed by atoms with Crippen LogP contribution in [-0.2, 0) is 0 Å². The maximum atomic E-state index is 11.3. The van der Waals surface area contributed by atoms with Crippen LogP contribution in [0.5, 0.6) is 11.5 Å². The van der Waals surface area contributed by atoms with Gasteiger partial charge in [-0.15, -0.1) is 0 Å². The number of carboxylic acid groups (broad SMARTS) is 1. The Morgan fingerprint density at radius 1 is 1.00 bits per heavy atom. The van der Waals surface area contributed by atoms with Crippen LogP contribution in [0.15, 0.2) is 54.6 Å². The van der Waals surface area contributed by atoms with Crippen molar-refractivity contribution < 1.29 is 14.6 Å². The second-order valence-corrected chi connectivity index (χ2v) is 5.47. The summed E-state index contributed by atoms with van der Waals surface area (Å²) >= 11 is 0. The molecule has 1 heterocycles. The van der Waals surface area contributed by atoms with Gasteiger partial charge >= 0.3 is 6.09 Å². The van der Waals surface area contributed by atoms with E-state index in [1.165, 1.54) is 4.90 Å². The fourth-order valence-corrected chi connectivity index (χ4v) is 2.89. The van der Waals surface area contributed by atoms with Crippen LogP contribution in [0.3, 0.4) is 0 Å². The molecule has 1 unspecified atom stereocenters. The summed E-state index contributed by atoms with van der Waals surface area (Å²) in [4.78, 5) is 12.9. The highest BCUT2D eigenvalue weighted by Gasteiger charge is 2.27. The van der Waals surface area contributed by atoms with Crippen molar-refractivity contribution in [2.45, 2.75) is 25.3 Å². The first kappa shape index (κ1) is 14.4. The SMILES string of the molecule is O=C(O)N1CCCCC1c1ccc(Oc2ccccc2)cc1. The molecular formula is C18H19NO3. The van der Waals surface area contributed by atoms with E-state index in [4.69, 9.17) is 4.74 Å². The number of rotatable bonds is 3. The third-order valence-electron chi connectivity index (χ3n) is 3.99. The molecule has 1 aliphatic heterocycles. The maximum absolute atomic E-state index is 11.3. The van der Waals surface area contributed by atoms with Crippen LogP contribution >= 0.6 is 0 Å². The molecule has 4 heteroatoms. The van der Waals surface area contributed by atoms with Gasteiger partial charge in [0, 0.05) is 6.54 Å². The van der Waals surface area contributed by atoms with Gasteiger partial charge in [0.1, 0.15) is 11.5 Å². The molecule has 1 fully saturated rings. The van der Waals surface area contributed by atoms with Gasteiger partial charge in [0.05, 0.1) is 6.04 Å². The van der Waals surface area contributed by atoms with Crippen LogP contribution in [0.1, 0.15) is 30.9 Å². The Labute approximate surface area is 130 Å². The lowest BCUT2D eigenvalue weighted by Crippen LogP contribution is -2.37. The summed E-state index contributed by atoms with van der Waals surface area (Å²) in [6.45, 7) is 0.613. The van der Waals surface area contributed by atoms with Crippen molar-refractivity contribution in [2.24, 2.45) is 0 Å². The quantitative estimate of drug-likeness (QED) is 0.894. The lowest BCUT2D eigenvalue weighted by Gasteiger charge is -2.33. The molecule has 1 amide bonds. The smallest absolute Gasteiger partial charge is 0.407 e. The van der Waals surface area contributed by atoms with E-state index < -0.39 is 6.09 Å². The maximum Gasteiger partial charge on any atom is 0.407 e. The van der Waals surface area contributed by atoms with Crippen LogP contribution < -0.4 is 4.74 Å². The largest absolute Gasteiger partial charge is 0.465 e. The van der Waals surface area contributed by atoms with Crippen molar-refractivity contribution in [3.05, 3.63) is 60.2 Å². The van der Waals surface area contributed by atoms with Gasteiger partial charge in [-0.25, -0.2) is 4.79 Å². The topological polar surface area (TPSA) is 49.8 Å². The minimum absolute atomic E-state index is 0.0444. The second-order valence-electron chi connectivity index (χ2n) is 5.47. The summed E-state index contributed by atoms with van der Waals surface area (Å²) in [6.07, 6.45) is 2.05. The first-order valence-corrected chi connectivity index (χ1v) is 7.56. The molecule has 2 aromatic carbocycles. The predicted octanol–water partition coefficient (Wildman–Crippen LogP) is 4.68. The Balaban J connectivity index is 1.74. The molecular weight excluding hydrogens is 278 g/mol. The molecule has 0 aromatic heterocycles. The summed E-state index contributed by atoms with van der Waals surface area (Å²) in [5.41, 5.74) is 1.03. The van der Waals surface area contributed by atoms with E-state index in [2.05, 4.69) is 0 Å². The summed E-state index contributed by atoms with van der Waals surface area (Å²) in [7, 11) is 0. The number of carbonyl (C=O) groups is 1. The minimum Gasteiger partial charge on any atom is -0.465 e. The zero-order valence-electron chi connectivity index (χ0n) is 12.3. The first-order valence-electron chi connectivity index (χ1n) is 7.56. The average Bonchev–Trinajstić information content (AvgIpc) is 2.56. The number of hydrogen-bond acceptors (Lipinski definition) is 2. The summed E-state index contributed by atoms with van der Waals surface area (Å²) in [5.74, 6) is 1.55. The fraction of sp³-hybridized carbons (Fsp3) is 0.278. The highest BCUT2D eigenvalue weighted by molar-refractivity contribution is 5.66. The predicted molar refractivity (Wildman–Crippen MR) is 84.3 cm³/mol. The van der Waals surface area contributed by atoms with Crippen molar-refractivity contribution in [1.29, 1.82) is 0 Å². The molecule has 1 atom stereocenters. The highest BCUT2D eigenvalue weighted by Crippen LogP contribution is 2.32. The zero-order valence-corrected chi connectivity index (χ0v) is 12.3. The molecule has 0 aliphatic carbocycles. The molecule has 4 nitrogen and oxygen atoms in total. The third kappa shape index (κ3) is 3.22. The van der Waals surface area contributed by atoms with E-state index in [0.717, 1.165) is 36.3 Å². The van der Waals surface area contributed by atoms with Gasteiger partial charge in [-0.2, -0.15) is 0 Å². The van der Waals surface area contributed by atoms with Gasteiger partial charge < -0.3 is 14.7 Å². The zero-order chi connectivity index (χ0) is 15.4. The van der Waals surface area contributed by atoms with Crippen LogP contribution in [0.2, 0.25) is 0 Å². The van der Waals surface area contributed by atoms with Crippen LogP contribution in [0, 0.1) is 0 Å². The van der Waals surface area contributed by atoms with Crippen LogP contribution in [0.4, 0.5) is 4.79 Å². The molecule has 0 spiro atoms. The molecule has 0 radical (unpaired) electrons. The Morgan fingerprint density at radius 2 is 1.68 bits per heavy atom. The average molecular weight is 297 g/mol. The number of nitrogens with zero attached hydrogens (tertiary/aromatic N) is 1. The van der Waals surface area contributed by atoms with Crippen molar-refractivity contribution in [2.75, 3.05) is 6.54 Å². The van der Waals surface area contributed by atoms with E-state index >= 15 is 0 Å². The van der Waals surface area contributed by atoms with Crippen LogP contribution in [-0.4, -0.2) is 22.6 Å². The van der Waals surface area contributed by atoms with Crippen molar-refractivity contribution >= 4 is 6.09 Å².